The third-order valence-electron chi connectivity index (χ3n) is 2.40. The van der Waals surface area contributed by atoms with Crippen LogP contribution in [0.3, 0.4) is 0 Å². The van der Waals surface area contributed by atoms with Gasteiger partial charge in [-0.1, -0.05) is 6.07 Å². The van der Waals surface area contributed by atoms with Crippen molar-refractivity contribution in [3.05, 3.63) is 29.6 Å². The van der Waals surface area contributed by atoms with Crippen molar-refractivity contribution in [3.63, 3.8) is 0 Å². The van der Waals surface area contributed by atoms with Crippen LogP contribution in [0, 0.1) is 5.82 Å². The van der Waals surface area contributed by atoms with Crippen molar-refractivity contribution in [2.24, 2.45) is 0 Å². The monoisotopic (exact) mass is 209 g/mol. The lowest BCUT2D eigenvalue weighted by Gasteiger charge is -2.09. The van der Waals surface area contributed by atoms with E-state index in [-0.39, 0.29) is 17.8 Å². The minimum atomic E-state index is -0.373. The van der Waals surface area contributed by atoms with Gasteiger partial charge in [-0.15, -0.1) is 0 Å². The number of halogens is 1. The van der Waals surface area contributed by atoms with Crippen LogP contribution in [0.4, 0.5) is 10.1 Å². The summed E-state index contributed by atoms with van der Waals surface area (Å²) in [7, 11) is 0. The lowest BCUT2D eigenvalue weighted by Crippen LogP contribution is -2.28. The molecule has 1 N–H and O–H groups in total. The van der Waals surface area contributed by atoms with Gasteiger partial charge in [0.05, 0.1) is 6.61 Å². The number of benzene rings is 1. The molecule has 1 aliphatic heterocycles. The Kier molecular flexibility index (Phi) is 2.58. The van der Waals surface area contributed by atoms with Crippen molar-refractivity contribution < 1.29 is 13.9 Å². The number of ether oxygens (including phenoxy) is 1. The maximum Gasteiger partial charge on any atom is 0.328 e. The highest BCUT2D eigenvalue weighted by Gasteiger charge is 2.27. The molecule has 4 heteroatoms. The van der Waals surface area contributed by atoms with Gasteiger partial charge in [-0.3, -0.25) is 0 Å². The minimum absolute atomic E-state index is 0.283. The first kappa shape index (κ1) is 9.96. The van der Waals surface area contributed by atoms with Crippen molar-refractivity contribution in [1.82, 2.24) is 0 Å². The molecule has 0 bridgehead atoms. The zero-order valence-corrected chi connectivity index (χ0v) is 8.42. The molecule has 80 valence electrons. The van der Waals surface area contributed by atoms with Gasteiger partial charge in [0.15, 0.2) is 0 Å². The molecule has 2 rings (SSSR count). The van der Waals surface area contributed by atoms with E-state index in [1.807, 2.05) is 0 Å². The van der Waals surface area contributed by atoms with Crippen molar-refractivity contribution in [2.75, 3.05) is 11.9 Å². The minimum Gasteiger partial charge on any atom is -0.464 e. The molecule has 1 aliphatic rings. The summed E-state index contributed by atoms with van der Waals surface area (Å²) in [4.78, 5) is 11.4. The molecule has 1 aromatic rings. The second-order valence-electron chi connectivity index (χ2n) is 3.45. The predicted molar refractivity (Wildman–Crippen MR) is 54.1 cm³/mol. The summed E-state index contributed by atoms with van der Waals surface area (Å²) >= 11 is 0. The number of carbonyl (C=O) groups excluding carboxylic acids is 1. The average Bonchev–Trinajstić information content (AvgIpc) is 2.60. The van der Waals surface area contributed by atoms with E-state index in [4.69, 9.17) is 4.74 Å². The molecule has 0 spiro atoms. The molecule has 0 unspecified atom stereocenters. The van der Waals surface area contributed by atoms with Crippen molar-refractivity contribution in [1.29, 1.82) is 0 Å². The van der Waals surface area contributed by atoms with Gasteiger partial charge in [0.25, 0.3) is 0 Å². The van der Waals surface area contributed by atoms with Crippen molar-refractivity contribution >= 4 is 11.7 Å². The zero-order valence-electron chi connectivity index (χ0n) is 8.42. The van der Waals surface area contributed by atoms with E-state index in [9.17, 15) is 9.18 Å². The summed E-state index contributed by atoms with van der Waals surface area (Å²) in [5.74, 6) is -0.583. The molecule has 0 saturated heterocycles. The molecule has 0 saturated carbocycles. The molecule has 15 heavy (non-hydrogen) atoms. The predicted octanol–water partition coefficient (Wildman–Crippen LogP) is 1.73. The quantitative estimate of drug-likeness (QED) is 0.754. The Morgan fingerprint density at radius 1 is 1.67 bits per heavy atom. The number of carbonyl (C=O) groups is 1. The molecule has 1 heterocycles. The molecule has 0 radical (unpaired) electrons. The fourth-order valence-electron chi connectivity index (χ4n) is 1.70. The number of hydrogen-bond donors (Lipinski definition) is 1. The fraction of sp³-hybridized carbons (Fsp3) is 0.364. The molecule has 0 fully saturated rings. The zero-order chi connectivity index (χ0) is 10.8. The Hall–Kier alpha value is -1.58. The normalized spacial score (nSPS) is 18.1. The Bertz CT molecular complexity index is 392. The summed E-state index contributed by atoms with van der Waals surface area (Å²) in [6.07, 6.45) is 0.564. The van der Waals surface area contributed by atoms with Gasteiger partial charge in [-0.05, 0) is 24.6 Å². The van der Waals surface area contributed by atoms with E-state index < -0.39 is 0 Å². The molecule has 1 aromatic carbocycles. The van der Waals surface area contributed by atoms with Crippen LogP contribution >= 0.6 is 0 Å². The van der Waals surface area contributed by atoms with Gasteiger partial charge in [0, 0.05) is 12.1 Å². The van der Waals surface area contributed by atoms with Crippen LogP contribution in [0.25, 0.3) is 0 Å². The SMILES string of the molecule is CCOC(=O)[C@@H]1Cc2ccc(F)cc2N1. The Labute approximate surface area is 87.2 Å². The Morgan fingerprint density at radius 3 is 3.20 bits per heavy atom. The first-order valence-electron chi connectivity index (χ1n) is 4.92. The molecule has 1 atom stereocenters. The van der Waals surface area contributed by atoms with E-state index in [1.165, 1.54) is 12.1 Å². The van der Waals surface area contributed by atoms with E-state index in [2.05, 4.69) is 5.32 Å². The molecule has 0 aliphatic carbocycles. The highest BCUT2D eigenvalue weighted by atomic mass is 19.1. The van der Waals surface area contributed by atoms with Crippen LogP contribution in [0.2, 0.25) is 0 Å². The second kappa shape index (κ2) is 3.88. The summed E-state index contributed by atoms with van der Waals surface area (Å²) in [5.41, 5.74) is 1.64. The third-order valence-corrected chi connectivity index (χ3v) is 2.40. The number of nitrogens with one attached hydrogen (secondary N) is 1. The van der Waals surface area contributed by atoms with Crippen molar-refractivity contribution in [3.8, 4) is 0 Å². The molecule has 3 nitrogen and oxygen atoms in total. The number of fused-ring (bicyclic) bond motifs is 1. The van der Waals surface area contributed by atoms with E-state index in [0.717, 1.165) is 5.56 Å². The van der Waals surface area contributed by atoms with E-state index in [1.54, 1.807) is 13.0 Å². The van der Waals surface area contributed by atoms with Crippen LogP contribution in [-0.4, -0.2) is 18.6 Å². The molecule has 0 amide bonds. The van der Waals surface area contributed by atoms with Crippen LogP contribution in [0.1, 0.15) is 12.5 Å². The smallest absolute Gasteiger partial charge is 0.328 e. The number of hydrogen-bond acceptors (Lipinski definition) is 3. The summed E-state index contributed by atoms with van der Waals surface area (Å²) in [5, 5.41) is 2.95. The van der Waals surface area contributed by atoms with E-state index in [0.29, 0.717) is 18.7 Å². The van der Waals surface area contributed by atoms with Crippen LogP contribution in [0.5, 0.6) is 0 Å². The lowest BCUT2D eigenvalue weighted by molar-refractivity contribution is -0.143. The summed E-state index contributed by atoms with van der Waals surface area (Å²) in [6, 6.07) is 4.11. The Morgan fingerprint density at radius 2 is 2.47 bits per heavy atom. The maximum atomic E-state index is 12.9. The van der Waals surface area contributed by atoms with Gasteiger partial charge in [-0.2, -0.15) is 0 Å². The van der Waals surface area contributed by atoms with E-state index >= 15 is 0 Å². The molecular weight excluding hydrogens is 197 g/mol. The number of rotatable bonds is 2. The Balaban J connectivity index is 2.12. The van der Waals surface area contributed by atoms with Crippen molar-refractivity contribution in [2.45, 2.75) is 19.4 Å². The first-order valence-corrected chi connectivity index (χ1v) is 4.92. The topological polar surface area (TPSA) is 38.3 Å². The highest BCUT2D eigenvalue weighted by molar-refractivity contribution is 5.82. The molecular formula is C11H12FNO2. The van der Waals surface area contributed by atoms with Gasteiger partial charge in [-0.25, -0.2) is 9.18 Å². The largest absolute Gasteiger partial charge is 0.464 e. The first-order chi connectivity index (χ1) is 7.20. The van der Waals surface area contributed by atoms with Gasteiger partial charge >= 0.3 is 5.97 Å². The number of anilines is 1. The second-order valence-corrected chi connectivity index (χ2v) is 3.45. The van der Waals surface area contributed by atoms with Gasteiger partial charge in [0.1, 0.15) is 11.9 Å². The fourth-order valence-corrected chi connectivity index (χ4v) is 1.70. The van der Waals surface area contributed by atoms with Crippen LogP contribution in [0.15, 0.2) is 18.2 Å². The maximum absolute atomic E-state index is 12.9. The van der Waals surface area contributed by atoms with Crippen LogP contribution in [-0.2, 0) is 16.0 Å². The van der Waals surface area contributed by atoms with Crippen LogP contribution < -0.4 is 5.32 Å². The number of esters is 1. The van der Waals surface area contributed by atoms with Gasteiger partial charge < -0.3 is 10.1 Å². The lowest BCUT2D eigenvalue weighted by atomic mass is 10.1. The van der Waals surface area contributed by atoms with Gasteiger partial charge in [0.2, 0.25) is 0 Å². The average molecular weight is 209 g/mol. The third kappa shape index (κ3) is 1.93. The summed E-state index contributed by atoms with van der Waals surface area (Å²) < 4.78 is 17.8. The molecule has 0 aromatic heterocycles. The highest BCUT2D eigenvalue weighted by Crippen LogP contribution is 2.26. The standard InChI is InChI=1S/C11H12FNO2/c1-2-15-11(14)10-5-7-3-4-8(12)6-9(7)13-10/h3-4,6,10,13H,2,5H2,1H3/t10-/m0/s1. The summed E-state index contributed by atoms with van der Waals surface area (Å²) in [6.45, 7) is 2.13.